The minimum Gasteiger partial charge on any atom is -0.351 e. The Morgan fingerprint density at radius 2 is 1.94 bits per heavy atom. The van der Waals surface area contributed by atoms with Crippen molar-refractivity contribution in [3.8, 4) is 0 Å². The number of thiazole rings is 1. The predicted octanol–water partition coefficient (Wildman–Crippen LogP) is 5.62. The summed E-state index contributed by atoms with van der Waals surface area (Å²) >= 11 is 1.38. The topological polar surface area (TPSA) is 123 Å². The van der Waals surface area contributed by atoms with Gasteiger partial charge in [0.1, 0.15) is 17.8 Å². The number of amides is 1. The number of carbonyl (C=O) groups excluding carboxylic acids is 2. The quantitative estimate of drug-likeness (QED) is 0.289. The number of aryl methyl sites for hydroxylation is 1. The van der Waals surface area contributed by atoms with E-state index in [1.807, 2.05) is 0 Å². The van der Waals surface area contributed by atoms with Crippen molar-refractivity contribution in [3.05, 3.63) is 76.5 Å². The molecule has 36 heavy (non-hydrogen) atoms. The molecule has 2 N–H and O–H groups in total. The third kappa shape index (κ3) is 5.92. The van der Waals surface area contributed by atoms with E-state index in [0.29, 0.717) is 16.6 Å². The summed E-state index contributed by atoms with van der Waals surface area (Å²) in [5.41, 5.74) is -0.318. The first-order valence-electron chi connectivity index (χ1n) is 10.6. The predicted molar refractivity (Wildman–Crippen MR) is 125 cm³/mol. The van der Waals surface area contributed by atoms with Crippen LogP contribution in [0.25, 0.3) is 0 Å². The Labute approximate surface area is 206 Å². The van der Waals surface area contributed by atoms with Crippen molar-refractivity contribution in [2.75, 3.05) is 10.6 Å². The molecule has 186 valence electrons. The van der Waals surface area contributed by atoms with E-state index < -0.39 is 23.6 Å². The third-order valence-corrected chi connectivity index (χ3v) is 5.86. The van der Waals surface area contributed by atoms with Crippen LogP contribution in [0.5, 0.6) is 0 Å². The highest BCUT2D eigenvalue weighted by Gasteiger charge is 2.32. The van der Waals surface area contributed by atoms with Crippen molar-refractivity contribution in [2.24, 2.45) is 0 Å². The van der Waals surface area contributed by atoms with Gasteiger partial charge in [-0.3, -0.25) is 9.59 Å². The number of hydrogen-bond acceptors (Lipinski definition) is 9. The minimum absolute atomic E-state index is 0.0220. The van der Waals surface area contributed by atoms with Crippen LogP contribution < -0.4 is 10.6 Å². The number of anilines is 3. The fourth-order valence-electron chi connectivity index (χ4n) is 3.29. The van der Waals surface area contributed by atoms with Gasteiger partial charge in [0.2, 0.25) is 5.76 Å². The normalized spacial score (nSPS) is 12.2. The Morgan fingerprint density at radius 3 is 2.67 bits per heavy atom. The zero-order chi connectivity index (χ0) is 25.9. The van der Waals surface area contributed by atoms with Crippen LogP contribution in [0, 0.1) is 6.92 Å². The number of benzene rings is 1. The highest BCUT2D eigenvalue weighted by Crippen LogP contribution is 2.33. The van der Waals surface area contributed by atoms with Crippen LogP contribution in [-0.4, -0.2) is 31.8 Å². The molecule has 1 atom stereocenters. The monoisotopic (exact) mass is 516 g/mol. The van der Waals surface area contributed by atoms with Crippen LogP contribution in [0.2, 0.25) is 0 Å². The number of hydrogen-bond donors (Lipinski definition) is 2. The summed E-state index contributed by atoms with van der Waals surface area (Å²) < 4.78 is 44.5. The van der Waals surface area contributed by atoms with Crippen LogP contribution in [0.15, 0.2) is 52.8 Å². The second-order valence-electron chi connectivity index (χ2n) is 7.88. The summed E-state index contributed by atoms with van der Waals surface area (Å²) in [4.78, 5) is 37.4. The molecule has 1 amide bonds. The van der Waals surface area contributed by atoms with Gasteiger partial charge in [-0.2, -0.15) is 13.2 Å². The molecule has 9 nitrogen and oxygen atoms in total. The van der Waals surface area contributed by atoms with Crippen molar-refractivity contribution in [3.63, 3.8) is 0 Å². The second-order valence-corrected chi connectivity index (χ2v) is 8.77. The fourth-order valence-corrected chi connectivity index (χ4v) is 3.82. The maximum absolute atomic E-state index is 13.1. The number of aromatic nitrogens is 4. The zero-order valence-corrected chi connectivity index (χ0v) is 19.8. The van der Waals surface area contributed by atoms with Gasteiger partial charge in [-0.05, 0) is 24.6 Å². The molecule has 0 aliphatic carbocycles. The molecule has 0 saturated heterocycles. The van der Waals surface area contributed by atoms with Gasteiger partial charge in [-0.1, -0.05) is 18.1 Å². The van der Waals surface area contributed by atoms with Crippen LogP contribution in [-0.2, 0) is 6.18 Å². The molecule has 0 aliphatic heterocycles. The molecule has 0 aliphatic rings. The molecule has 0 fully saturated rings. The van der Waals surface area contributed by atoms with Crippen LogP contribution >= 0.6 is 11.3 Å². The number of carbonyl (C=O) groups is 2. The molecule has 0 unspecified atom stereocenters. The van der Waals surface area contributed by atoms with Crippen molar-refractivity contribution in [1.82, 2.24) is 20.1 Å². The number of nitrogens with one attached hydrogen (secondary N) is 2. The van der Waals surface area contributed by atoms with Crippen molar-refractivity contribution in [1.29, 1.82) is 0 Å². The van der Waals surface area contributed by atoms with Gasteiger partial charge in [-0.25, -0.2) is 15.0 Å². The first kappa shape index (κ1) is 25.0. The number of alkyl halides is 3. The number of halogens is 3. The Hall–Kier alpha value is -4.13. The largest absolute Gasteiger partial charge is 0.416 e. The molecule has 0 saturated carbocycles. The Morgan fingerprint density at radius 1 is 1.14 bits per heavy atom. The molecule has 0 radical (unpaired) electrons. The van der Waals surface area contributed by atoms with Crippen molar-refractivity contribution < 1.29 is 27.3 Å². The van der Waals surface area contributed by atoms with Gasteiger partial charge in [0.05, 0.1) is 11.3 Å². The molecular formula is C23H19F3N6O3S. The molecule has 4 aromatic rings. The summed E-state index contributed by atoms with van der Waals surface area (Å²) in [6.07, 6.45) is -1.63. The van der Waals surface area contributed by atoms with E-state index in [4.69, 9.17) is 4.52 Å². The van der Waals surface area contributed by atoms with E-state index in [1.165, 1.54) is 48.9 Å². The van der Waals surface area contributed by atoms with Crippen molar-refractivity contribution in [2.45, 2.75) is 32.4 Å². The average molecular weight is 517 g/mol. The Kier molecular flexibility index (Phi) is 7.10. The molecule has 0 spiro atoms. The molecule has 3 aromatic heterocycles. The van der Waals surface area contributed by atoms with E-state index in [0.717, 1.165) is 6.07 Å². The maximum atomic E-state index is 13.1. The molecular weight excluding hydrogens is 497 g/mol. The van der Waals surface area contributed by atoms with Gasteiger partial charge in [0.15, 0.2) is 10.9 Å². The molecule has 4 rings (SSSR count). The molecule has 0 bridgehead atoms. The SMILES string of the molecule is Cc1ccc(NC(=O)c2cc([C@@H](C)CC(=O)c3cc(Nc4nccs4)ncn3)no2)cc1C(F)(F)F. The smallest absolute Gasteiger partial charge is 0.351 e. The number of Topliss-reactive ketones (excluding diaryl/α,β-unsaturated/α-hetero) is 1. The van der Waals surface area contributed by atoms with Gasteiger partial charge in [0, 0.05) is 41.7 Å². The van der Waals surface area contributed by atoms with E-state index in [1.54, 1.807) is 18.5 Å². The fraction of sp³-hybridized carbons (Fsp3) is 0.217. The molecule has 1 aromatic carbocycles. The lowest BCUT2D eigenvalue weighted by molar-refractivity contribution is -0.138. The lowest BCUT2D eigenvalue weighted by atomic mass is 9.99. The third-order valence-electron chi connectivity index (χ3n) is 5.17. The lowest BCUT2D eigenvalue weighted by Gasteiger charge is -2.12. The highest BCUT2D eigenvalue weighted by atomic mass is 32.1. The van der Waals surface area contributed by atoms with E-state index in [9.17, 15) is 22.8 Å². The summed E-state index contributed by atoms with van der Waals surface area (Å²) in [6, 6.07) is 6.34. The van der Waals surface area contributed by atoms with Crippen LogP contribution in [0.3, 0.4) is 0 Å². The molecule has 3 heterocycles. The number of rotatable bonds is 8. The standard InChI is InChI=1S/C23H19F3N6O3S/c1-12-3-4-14(8-15(12)23(24,25)26)30-21(34)19-9-16(32-35-19)13(2)7-18(33)17-10-20(29-11-28-17)31-22-27-5-6-36-22/h3-6,8-11,13H,7H2,1-2H3,(H,30,34)(H,27,28,29,31)/t13-/m0/s1. The maximum Gasteiger partial charge on any atom is 0.416 e. The van der Waals surface area contributed by atoms with E-state index >= 15 is 0 Å². The molecule has 13 heteroatoms. The van der Waals surface area contributed by atoms with Gasteiger partial charge >= 0.3 is 6.18 Å². The van der Waals surface area contributed by atoms with Crippen molar-refractivity contribution >= 4 is 39.7 Å². The summed E-state index contributed by atoms with van der Waals surface area (Å²) in [5, 5.41) is 11.6. The van der Waals surface area contributed by atoms with Crippen LogP contribution in [0.1, 0.15) is 57.1 Å². The minimum atomic E-state index is -4.55. The summed E-state index contributed by atoms with van der Waals surface area (Å²) in [5.74, 6) is -1.25. The first-order valence-corrected chi connectivity index (χ1v) is 11.5. The van der Waals surface area contributed by atoms with Crippen LogP contribution in [0.4, 0.5) is 29.8 Å². The van der Waals surface area contributed by atoms with Gasteiger partial charge < -0.3 is 15.2 Å². The highest BCUT2D eigenvalue weighted by molar-refractivity contribution is 7.13. The summed E-state index contributed by atoms with van der Waals surface area (Å²) in [7, 11) is 0. The van der Waals surface area contributed by atoms with Gasteiger partial charge in [0.25, 0.3) is 5.91 Å². The first-order chi connectivity index (χ1) is 17.1. The van der Waals surface area contributed by atoms with E-state index in [2.05, 4.69) is 30.7 Å². The second kappa shape index (κ2) is 10.2. The summed E-state index contributed by atoms with van der Waals surface area (Å²) in [6.45, 7) is 3.06. The lowest BCUT2D eigenvalue weighted by Crippen LogP contribution is -2.13. The van der Waals surface area contributed by atoms with Gasteiger partial charge in [-0.15, -0.1) is 11.3 Å². The number of nitrogens with zero attached hydrogens (tertiary/aromatic N) is 4. The Bertz CT molecular complexity index is 1390. The number of ketones is 1. The zero-order valence-electron chi connectivity index (χ0n) is 19.0. The average Bonchev–Trinajstić information content (AvgIpc) is 3.52. The van der Waals surface area contributed by atoms with E-state index in [-0.39, 0.29) is 34.9 Å². The Balaban J connectivity index is 1.40.